The van der Waals surface area contributed by atoms with Gasteiger partial charge in [-0.15, -0.1) is 0 Å². The highest BCUT2D eigenvalue weighted by atomic mass is 15.4. The quantitative estimate of drug-likeness (QED) is 0.688. The van der Waals surface area contributed by atoms with Gasteiger partial charge in [0.2, 0.25) is 0 Å². The molecule has 1 aliphatic carbocycles. The molecule has 1 saturated carbocycles. The second kappa shape index (κ2) is 3.46. The van der Waals surface area contributed by atoms with Crippen LogP contribution in [0.15, 0.2) is 12.3 Å². The van der Waals surface area contributed by atoms with E-state index in [0.717, 1.165) is 25.6 Å². The fourth-order valence-electron chi connectivity index (χ4n) is 3.17. The van der Waals surface area contributed by atoms with Gasteiger partial charge >= 0.3 is 0 Å². The summed E-state index contributed by atoms with van der Waals surface area (Å²) in [5, 5.41) is 14.8. The van der Waals surface area contributed by atoms with E-state index < -0.39 is 0 Å². The lowest BCUT2D eigenvalue weighted by molar-refractivity contribution is 0.321. The van der Waals surface area contributed by atoms with Crippen molar-refractivity contribution in [2.45, 2.75) is 12.5 Å². The number of aromatic nitrogens is 2. The summed E-state index contributed by atoms with van der Waals surface area (Å²) in [4.78, 5) is 0. The van der Waals surface area contributed by atoms with E-state index in [9.17, 15) is 0 Å². The van der Waals surface area contributed by atoms with E-state index in [2.05, 4.69) is 31.8 Å². The molecular weight excluding hydrogens is 214 g/mol. The second-order valence-corrected chi connectivity index (χ2v) is 5.72. The molecule has 3 heterocycles. The number of piperidine rings is 1. The summed E-state index contributed by atoms with van der Waals surface area (Å²) in [5.74, 6) is 2.10. The number of hydrogen-bond acceptors (Lipinski definition) is 4. The summed E-state index contributed by atoms with van der Waals surface area (Å²) < 4.78 is 2.13. The van der Waals surface area contributed by atoms with Gasteiger partial charge in [0.15, 0.2) is 0 Å². The molecule has 5 nitrogen and oxygen atoms in total. The highest BCUT2D eigenvalue weighted by Gasteiger charge is 2.56. The van der Waals surface area contributed by atoms with Crippen LogP contribution in [-0.4, -0.2) is 42.5 Å². The first-order valence-electron chi connectivity index (χ1n) is 6.56. The Bertz CT molecular complexity index is 424. The molecule has 4 rings (SSSR count). The topological polar surface area (TPSA) is 53.9 Å². The van der Waals surface area contributed by atoms with Crippen molar-refractivity contribution >= 4 is 5.82 Å². The average molecular weight is 233 g/mol. The van der Waals surface area contributed by atoms with Crippen LogP contribution in [0.5, 0.6) is 0 Å². The third kappa shape index (κ3) is 1.49. The van der Waals surface area contributed by atoms with Crippen LogP contribution in [0.3, 0.4) is 0 Å². The molecule has 2 atom stereocenters. The normalized spacial score (nSPS) is 35.4. The molecular formula is C12H19N5. The smallest absolute Gasteiger partial charge is 0.124 e. The monoisotopic (exact) mass is 233 g/mol. The minimum absolute atomic E-state index is 0.543. The van der Waals surface area contributed by atoms with Crippen molar-refractivity contribution in [2.24, 2.45) is 11.3 Å². The van der Waals surface area contributed by atoms with Crippen LogP contribution in [0.1, 0.15) is 12.5 Å². The standard InChI is InChI=1S/C12H19N5/c1-2-16-17(10-5-13-6-10)11(1)15-8-12-3-9(12)4-14-7-12/h1-2,9-10,13-15H,3-8H2. The average Bonchev–Trinajstić information content (AvgIpc) is 2.64. The summed E-state index contributed by atoms with van der Waals surface area (Å²) in [6.07, 6.45) is 3.29. The van der Waals surface area contributed by atoms with Gasteiger partial charge in [0.25, 0.3) is 0 Å². The lowest BCUT2D eigenvalue weighted by Crippen LogP contribution is -2.44. The molecule has 1 aromatic heterocycles. The Morgan fingerprint density at radius 2 is 2.35 bits per heavy atom. The third-order valence-corrected chi connectivity index (χ3v) is 4.62. The van der Waals surface area contributed by atoms with Gasteiger partial charge in [-0.1, -0.05) is 0 Å². The zero-order valence-corrected chi connectivity index (χ0v) is 9.95. The predicted octanol–water partition coefficient (Wildman–Crippen LogP) is 0.0488. The fraction of sp³-hybridized carbons (Fsp3) is 0.750. The molecule has 1 aromatic rings. The van der Waals surface area contributed by atoms with E-state index >= 15 is 0 Å². The number of anilines is 1. The number of hydrogen-bond donors (Lipinski definition) is 3. The first kappa shape index (κ1) is 9.91. The molecule has 3 fully saturated rings. The lowest BCUT2D eigenvalue weighted by Gasteiger charge is -2.29. The first-order chi connectivity index (χ1) is 8.37. The molecule has 17 heavy (non-hydrogen) atoms. The number of nitrogens with zero attached hydrogens (tertiary/aromatic N) is 2. The molecule has 0 bridgehead atoms. The van der Waals surface area contributed by atoms with Crippen molar-refractivity contribution in [2.75, 3.05) is 38.0 Å². The van der Waals surface area contributed by atoms with E-state index in [0.29, 0.717) is 11.5 Å². The zero-order chi connectivity index (χ0) is 11.3. The summed E-state index contributed by atoms with van der Waals surface area (Å²) in [6.45, 7) is 5.59. The van der Waals surface area contributed by atoms with Crippen molar-refractivity contribution in [3.05, 3.63) is 12.3 Å². The molecule has 3 N–H and O–H groups in total. The Labute approximate surface area is 101 Å². The molecule has 2 saturated heterocycles. The molecule has 0 amide bonds. The lowest BCUT2D eigenvalue weighted by atomic mass is 10.1. The summed E-state index contributed by atoms with van der Waals surface area (Å²) >= 11 is 0. The van der Waals surface area contributed by atoms with E-state index in [1.165, 1.54) is 25.3 Å². The minimum atomic E-state index is 0.543. The molecule has 2 unspecified atom stereocenters. The van der Waals surface area contributed by atoms with Crippen molar-refractivity contribution in [3.8, 4) is 0 Å². The molecule has 0 spiro atoms. The van der Waals surface area contributed by atoms with E-state index in [4.69, 9.17) is 0 Å². The zero-order valence-electron chi connectivity index (χ0n) is 9.95. The Morgan fingerprint density at radius 1 is 1.41 bits per heavy atom. The van der Waals surface area contributed by atoms with Gasteiger partial charge in [0.05, 0.1) is 12.2 Å². The molecule has 3 aliphatic rings. The maximum atomic E-state index is 4.42. The highest BCUT2D eigenvalue weighted by Crippen LogP contribution is 2.54. The van der Waals surface area contributed by atoms with Gasteiger partial charge in [-0.3, -0.25) is 0 Å². The SMILES string of the molecule is c1cc(NCC23CNCC2C3)n(C2CNC2)n1. The van der Waals surface area contributed by atoms with Crippen molar-refractivity contribution in [1.82, 2.24) is 20.4 Å². The van der Waals surface area contributed by atoms with Crippen molar-refractivity contribution in [1.29, 1.82) is 0 Å². The number of fused-ring (bicyclic) bond motifs is 1. The van der Waals surface area contributed by atoms with Crippen LogP contribution in [0.25, 0.3) is 0 Å². The Balaban J connectivity index is 1.43. The molecule has 0 radical (unpaired) electrons. The van der Waals surface area contributed by atoms with Gasteiger partial charge in [-0.2, -0.15) is 5.10 Å². The predicted molar refractivity (Wildman–Crippen MR) is 66.0 cm³/mol. The van der Waals surface area contributed by atoms with Crippen LogP contribution in [0, 0.1) is 11.3 Å². The summed E-state index contributed by atoms with van der Waals surface area (Å²) in [7, 11) is 0. The van der Waals surface area contributed by atoms with E-state index in [1.54, 1.807) is 0 Å². The number of rotatable bonds is 4. The first-order valence-corrected chi connectivity index (χ1v) is 6.56. The van der Waals surface area contributed by atoms with Crippen molar-refractivity contribution in [3.63, 3.8) is 0 Å². The maximum Gasteiger partial charge on any atom is 0.124 e. The maximum absolute atomic E-state index is 4.42. The van der Waals surface area contributed by atoms with Gasteiger partial charge in [0.1, 0.15) is 5.82 Å². The Morgan fingerprint density at radius 3 is 3.00 bits per heavy atom. The fourth-order valence-corrected chi connectivity index (χ4v) is 3.17. The van der Waals surface area contributed by atoms with Crippen LogP contribution < -0.4 is 16.0 Å². The van der Waals surface area contributed by atoms with Crippen LogP contribution in [-0.2, 0) is 0 Å². The highest BCUT2D eigenvalue weighted by molar-refractivity contribution is 5.36. The second-order valence-electron chi connectivity index (χ2n) is 5.72. The third-order valence-electron chi connectivity index (χ3n) is 4.62. The molecule has 2 aliphatic heterocycles. The molecule has 0 aromatic carbocycles. The van der Waals surface area contributed by atoms with Crippen LogP contribution >= 0.6 is 0 Å². The van der Waals surface area contributed by atoms with E-state index in [-0.39, 0.29) is 0 Å². The van der Waals surface area contributed by atoms with Gasteiger partial charge < -0.3 is 16.0 Å². The summed E-state index contributed by atoms with van der Waals surface area (Å²) in [6, 6.07) is 2.64. The van der Waals surface area contributed by atoms with Crippen LogP contribution in [0.2, 0.25) is 0 Å². The van der Waals surface area contributed by atoms with Gasteiger partial charge in [-0.25, -0.2) is 4.68 Å². The van der Waals surface area contributed by atoms with E-state index in [1.807, 2.05) is 6.20 Å². The minimum Gasteiger partial charge on any atom is -0.370 e. The largest absolute Gasteiger partial charge is 0.370 e. The van der Waals surface area contributed by atoms with Crippen LogP contribution in [0.4, 0.5) is 5.82 Å². The van der Waals surface area contributed by atoms with Gasteiger partial charge in [0, 0.05) is 37.7 Å². The molecule has 92 valence electrons. The van der Waals surface area contributed by atoms with Crippen molar-refractivity contribution < 1.29 is 0 Å². The van der Waals surface area contributed by atoms with Gasteiger partial charge in [-0.05, 0) is 18.9 Å². The Hall–Kier alpha value is -1.07. The molecule has 5 heteroatoms. The summed E-state index contributed by atoms with van der Waals surface area (Å²) in [5.41, 5.74) is 0.549. The Kier molecular flexibility index (Phi) is 2.02. The number of nitrogens with one attached hydrogen (secondary N) is 3.